The number of aromatic nitrogens is 2. The zero-order valence-corrected chi connectivity index (χ0v) is 9.97. The van der Waals surface area contributed by atoms with Crippen LogP contribution < -0.4 is 10.1 Å². The van der Waals surface area contributed by atoms with Gasteiger partial charge < -0.3 is 10.1 Å². The lowest BCUT2D eigenvalue weighted by Gasteiger charge is -2.09. The summed E-state index contributed by atoms with van der Waals surface area (Å²) < 4.78 is 5.07. The van der Waals surface area contributed by atoms with Crippen LogP contribution in [0.2, 0.25) is 0 Å². The average Bonchev–Trinajstić information content (AvgIpc) is 2.38. The minimum Gasteiger partial charge on any atom is -0.481 e. The Labute approximate surface area is 101 Å². The molecule has 0 aromatic carbocycles. The van der Waals surface area contributed by atoms with Gasteiger partial charge in [-0.2, -0.15) is 0 Å². The van der Waals surface area contributed by atoms with Crippen LogP contribution in [0.3, 0.4) is 0 Å². The maximum Gasteiger partial charge on any atom is 0.214 e. The van der Waals surface area contributed by atoms with Crippen molar-refractivity contribution in [2.75, 3.05) is 12.4 Å². The molecule has 1 N–H and O–H groups in total. The van der Waals surface area contributed by atoms with Gasteiger partial charge in [0.25, 0.3) is 0 Å². The Kier molecular flexibility index (Phi) is 3.55. The third-order valence-corrected chi connectivity index (χ3v) is 2.56. The molecule has 0 saturated heterocycles. The standard InChI is InChI=1S/C13H15N3O/c1-10-8-14-5-3-11(10)9-16-12-4-6-15-13(7-12)17-2/h3-8H,9H2,1-2H3,(H,15,16). The zero-order chi connectivity index (χ0) is 12.1. The van der Waals surface area contributed by atoms with Gasteiger partial charge in [-0.05, 0) is 30.2 Å². The van der Waals surface area contributed by atoms with E-state index in [-0.39, 0.29) is 0 Å². The van der Waals surface area contributed by atoms with Gasteiger partial charge in [-0.1, -0.05) is 0 Å². The van der Waals surface area contributed by atoms with E-state index in [1.807, 2.05) is 24.4 Å². The Bertz CT molecular complexity index is 500. The fraction of sp³-hybridized carbons (Fsp3) is 0.231. The summed E-state index contributed by atoms with van der Waals surface area (Å²) in [6.45, 7) is 2.82. The fourth-order valence-corrected chi connectivity index (χ4v) is 1.53. The van der Waals surface area contributed by atoms with E-state index in [1.54, 1.807) is 19.5 Å². The first-order valence-electron chi connectivity index (χ1n) is 5.43. The first kappa shape index (κ1) is 11.4. The molecule has 2 aromatic rings. The van der Waals surface area contributed by atoms with Crippen LogP contribution in [0.5, 0.6) is 5.88 Å². The summed E-state index contributed by atoms with van der Waals surface area (Å²) in [6, 6.07) is 5.80. The van der Waals surface area contributed by atoms with Crippen molar-refractivity contribution < 1.29 is 4.74 Å². The van der Waals surface area contributed by atoms with Gasteiger partial charge in [-0.25, -0.2) is 4.98 Å². The highest BCUT2D eigenvalue weighted by Crippen LogP contribution is 2.15. The molecule has 4 nitrogen and oxygen atoms in total. The summed E-state index contributed by atoms with van der Waals surface area (Å²) in [5.74, 6) is 0.612. The van der Waals surface area contributed by atoms with E-state index in [0.717, 1.165) is 12.2 Å². The van der Waals surface area contributed by atoms with Crippen molar-refractivity contribution in [3.63, 3.8) is 0 Å². The van der Waals surface area contributed by atoms with Crippen molar-refractivity contribution in [3.05, 3.63) is 47.9 Å². The van der Waals surface area contributed by atoms with Crippen molar-refractivity contribution in [3.8, 4) is 5.88 Å². The molecule has 0 amide bonds. The van der Waals surface area contributed by atoms with Crippen molar-refractivity contribution >= 4 is 5.69 Å². The number of rotatable bonds is 4. The first-order valence-corrected chi connectivity index (χ1v) is 5.43. The van der Waals surface area contributed by atoms with Gasteiger partial charge >= 0.3 is 0 Å². The lowest BCUT2D eigenvalue weighted by atomic mass is 10.1. The second-order valence-corrected chi connectivity index (χ2v) is 3.74. The van der Waals surface area contributed by atoms with E-state index in [4.69, 9.17) is 4.74 Å². The van der Waals surface area contributed by atoms with Crippen molar-refractivity contribution in [2.24, 2.45) is 0 Å². The lowest BCUT2D eigenvalue weighted by Crippen LogP contribution is -2.02. The van der Waals surface area contributed by atoms with Gasteiger partial charge in [-0.3, -0.25) is 4.98 Å². The minimum atomic E-state index is 0.612. The smallest absolute Gasteiger partial charge is 0.214 e. The largest absolute Gasteiger partial charge is 0.481 e. The quantitative estimate of drug-likeness (QED) is 0.874. The average molecular weight is 229 g/mol. The van der Waals surface area contributed by atoms with Gasteiger partial charge in [0.15, 0.2) is 0 Å². The molecule has 0 radical (unpaired) electrons. The molecular formula is C13H15N3O. The summed E-state index contributed by atoms with van der Waals surface area (Å²) in [4.78, 5) is 8.13. The Morgan fingerprint density at radius 1 is 1.29 bits per heavy atom. The molecule has 0 saturated carbocycles. The SMILES string of the molecule is COc1cc(NCc2ccncc2C)ccn1. The van der Waals surface area contributed by atoms with Crippen LogP contribution in [0.1, 0.15) is 11.1 Å². The van der Waals surface area contributed by atoms with Crippen LogP contribution in [-0.4, -0.2) is 17.1 Å². The third-order valence-electron chi connectivity index (χ3n) is 2.56. The maximum absolute atomic E-state index is 5.07. The molecule has 17 heavy (non-hydrogen) atoms. The number of methoxy groups -OCH3 is 1. The van der Waals surface area contributed by atoms with Gasteiger partial charge in [-0.15, -0.1) is 0 Å². The molecule has 0 bridgehead atoms. The summed E-state index contributed by atoms with van der Waals surface area (Å²) in [6.07, 6.45) is 5.39. The summed E-state index contributed by atoms with van der Waals surface area (Å²) >= 11 is 0. The highest BCUT2D eigenvalue weighted by Gasteiger charge is 1.99. The zero-order valence-electron chi connectivity index (χ0n) is 9.97. The fourth-order valence-electron chi connectivity index (χ4n) is 1.53. The van der Waals surface area contributed by atoms with Crippen LogP contribution in [-0.2, 0) is 6.54 Å². The first-order chi connectivity index (χ1) is 8.29. The number of aryl methyl sites for hydroxylation is 1. The second kappa shape index (κ2) is 5.30. The Morgan fingerprint density at radius 3 is 2.94 bits per heavy atom. The molecule has 2 heterocycles. The van der Waals surface area contributed by atoms with Crippen molar-refractivity contribution in [2.45, 2.75) is 13.5 Å². The van der Waals surface area contributed by atoms with E-state index < -0.39 is 0 Å². The van der Waals surface area contributed by atoms with Crippen LogP contribution >= 0.6 is 0 Å². The Morgan fingerprint density at radius 2 is 2.18 bits per heavy atom. The van der Waals surface area contributed by atoms with E-state index in [2.05, 4.69) is 22.2 Å². The maximum atomic E-state index is 5.07. The molecule has 0 atom stereocenters. The minimum absolute atomic E-state index is 0.612. The molecule has 0 fully saturated rings. The van der Waals surface area contributed by atoms with Crippen molar-refractivity contribution in [1.82, 2.24) is 9.97 Å². The summed E-state index contributed by atoms with van der Waals surface area (Å²) in [7, 11) is 1.61. The summed E-state index contributed by atoms with van der Waals surface area (Å²) in [5, 5.41) is 3.33. The predicted octanol–water partition coefficient (Wildman–Crippen LogP) is 2.41. The number of ether oxygens (including phenoxy) is 1. The molecule has 2 aromatic heterocycles. The van der Waals surface area contributed by atoms with Crippen LogP contribution in [0.15, 0.2) is 36.8 Å². The Hall–Kier alpha value is -2.10. The van der Waals surface area contributed by atoms with Crippen LogP contribution in [0.4, 0.5) is 5.69 Å². The lowest BCUT2D eigenvalue weighted by molar-refractivity contribution is 0.398. The third kappa shape index (κ3) is 2.93. The van der Waals surface area contributed by atoms with Gasteiger partial charge in [0.05, 0.1) is 7.11 Å². The monoisotopic (exact) mass is 229 g/mol. The number of nitrogens with zero attached hydrogens (tertiary/aromatic N) is 2. The molecule has 0 aliphatic heterocycles. The van der Waals surface area contributed by atoms with E-state index in [1.165, 1.54) is 11.1 Å². The van der Waals surface area contributed by atoms with Crippen LogP contribution in [0, 0.1) is 6.92 Å². The second-order valence-electron chi connectivity index (χ2n) is 3.74. The normalized spacial score (nSPS) is 10.0. The number of hydrogen-bond acceptors (Lipinski definition) is 4. The molecule has 0 unspecified atom stereocenters. The highest BCUT2D eigenvalue weighted by atomic mass is 16.5. The van der Waals surface area contributed by atoms with E-state index in [9.17, 15) is 0 Å². The van der Waals surface area contributed by atoms with E-state index >= 15 is 0 Å². The number of pyridine rings is 2. The number of anilines is 1. The molecule has 0 aliphatic carbocycles. The Balaban J connectivity index is 2.05. The molecular weight excluding hydrogens is 214 g/mol. The summed E-state index contributed by atoms with van der Waals surface area (Å²) in [5.41, 5.74) is 3.41. The van der Waals surface area contributed by atoms with Crippen molar-refractivity contribution in [1.29, 1.82) is 0 Å². The molecule has 2 rings (SSSR count). The molecule has 88 valence electrons. The van der Waals surface area contributed by atoms with Gasteiger partial charge in [0.1, 0.15) is 0 Å². The van der Waals surface area contributed by atoms with Crippen LogP contribution in [0.25, 0.3) is 0 Å². The molecule has 4 heteroatoms. The topological polar surface area (TPSA) is 47.0 Å². The molecule has 0 spiro atoms. The predicted molar refractivity (Wildman–Crippen MR) is 67.1 cm³/mol. The number of nitrogens with one attached hydrogen (secondary N) is 1. The van der Waals surface area contributed by atoms with Gasteiger partial charge in [0, 0.05) is 36.9 Å². The van der Waals surface area contributed by atoms with Gasteiger partial charge in [0.2, 0.25) is 5.88 Å². The van der Waals surface area contributed by atoms with E-state index in [0.29, 0.717) is 5.88 Å². The molecule has 0 aliphatic rings. The number of hydrogen-bond donors (Lipinski definition) is 1. The highest BCUT2D eigenvalue weighted by molar-refractivity contribution is 5.45.